The Kier molecular flexibility index (Phi) is 6.06. The summed E-state index contributed by atoms with van der Waals surface area (Å²) in [5.41, 5.74) is 0.364. The molecule has 0 spiro atoms. The highest BCUT2D eigenvalue weighted by molar-refractivity contribution is 5.97. The first-order valence-electron chi connectivity index (χ1n) is 6.32. The standard InChI is InChI=1S/C14H17N3O4/c1-3-4-5-11(14(20)21)17-12(18)9-6-7-10(16-8-9)13(19)15-2/h3,6-8,11H,1,4-5H2,2H3,(H,15,19)(H,17,18)(H,20,21). The molecule has 0 bridgehead atoms. The number of carboxylic acid groups (broad SMARTS) is 1. The predicted molar refractivity (Wildman–Crippen MR) is 75.9 cm³/mol. The van der Waals surface area contributed by atoms with Crippen molar-refractivity contribution < 1.29 is 19.5 Å². The van der Waals surface area contributed by atoms with Gasteiger partial charge >= 0.3 is 5.97 Å². The molecule has 1 rings (SSSR count). The van der Waals surface area contributed by atoms with Gasteiger partial charge in [0.1, 0.15) is 11.7 Å². The van der Waals surface area contributed by atoms with Crippen molar-refractivity contribution in [1.82, 2.24) is 15.6 Å². The summed E-state index contributed by atoms with van der Waals surface area (Å²) in [7, 11) is 1.47. The molecule has 112 valence electrons. The molecular weight excluding hydrogens is 274 g/mol. The molecule has 1 unspecified atom stereocenters. The molecule has 2 amide bonds. The normalized spacial score (nSPS) is 11.3. The van der Waals surface area contributed by atoms with Gasteiger partial charge in [-0.25, -0.2) is 4.79 Å². The van der Waals surface area contributed by atoms with Crippen LogP contribution in [0.15, 0.2) is 31.0 Å². The van der Waals surface area contributed by atoms with E-state index in [-0.39, 0.29) is 23.6 Å². The second kappa shape index (κ2) is 7.78. The molecule has 0 aromatic carbocycles. The Morgan fingerprint density at radius 1 is 1.38 bits per heavy atom. The van der Waals surface area contributed by atoms with E-state index in [1.165, 1.54) is 25.4 Å². The lowest BCUT2D eigenvalue weighted by Gasteiger charge is -2.13. The minimum absolute atomic E-state index is 0.176. The highest BCUT2D eigenvalue weighted by Crippen LogP contribution is 2.04. The maximum atomic E-state index is 11.9. The molecule has 21 heavy (non-hydrogen) atoms. The maximum Gasteiger partial charge on any atom is 0.326 e. The fourth-order valence-corrected chi connectivity index (χ4v) is 1.57. The number of pyridine rings is 1. The average Bonchev–Trinajstić information content (AvgIpc) is 2.50. The summed E-state index contributed by atoms with van der Waals surface area (Å²) in [6.07, 6.45) is 3.55. The van der Waals surface area contributed by atoms with E-state index in [0.29, 0.717) is 6.42 Å². The Morgan fingerprint density at radius 2 is 2.10 bits per heavy atom. The van der Waals surface area contributed by atoms with Crippen molar-refractivity contribution in [3.05, 3.63) is 42.2 Å². The second-order valence-electron chi connectivity index (χ2n) is 4.24. The highest BCUT2D eigenvalue weighted by atomic mass is 16.4. The van der Waals surface area contributed by atoms with E-state index in [9.17, 15) is 14.4 Å². The van der Waals surface area contributed by atoms with Crippen LogP contribution in [0.1, 0.15) is 33.7 Å². The van der Waals surface area contributed by atoms with E-state index in [0.717, 1.165) is 0 Å². The molecule has 7 nitrogen and oxygen atoms in total. The van der Waals surface area contributed by atoms with Gasteiger partial charge in [0, 0.05) is 13.2 Å². The van der Waals surface area contributed by atoms with Gasteiger partial charge < -0.3 is 15.7 Å². The van der Waals surface area contributed by atoms with Gasteiger partial charge in [-0.2, -0.15) is 0 Å². The number of carbonyl (C=O) groups excluding carboxylic acids is 2. The number of rotatable bonds is 7. The Bertz CT molecular complexity index is 540. The first-order chi connectivity index (χ1) is 9.99. The molecule has 1 aromatic heterocycles. The van der Waals surface area contributed by atoms with Crippen molar-refractivity contribution in [2.24, 2.45) is 0 Å². The van der Waals surface area contributed by atoms with Gasteiger partial charge in [0.05, 0.1) is 5.56 Å². The molecule has 3 N–H and O–H groups in total. The van der Waals surface area contributed by atoms with Gasteiger partial charge in [0.25, 0.3) is 11.8 Å². The summed E-state index contributed by atoms with van der Waals surface area (Å²) in [5, 5.41) is 13.8. The van der Waals surface area contributed by atoms with Crippen LogP contribution in [0.3, 0.4) is 0 Å². The number of amides is 2. The van der Waals surface area contributed by atoms with Gasteiger partial charge in [0.15, 0.2) is 0 Å². The topological polar surface area (TPSA) is 108 Å². The van der Waals surface area contributed by atoms with Crippen molar-refractivity contribution in [1.29, 1.82) is 0 Å². The first kappa shape index (κ1) is 16.4. The summed E-state index contributed by atoms with van der Waals surface area (Å²) in [6, 6.07) is 1.82. The zero-order chi connectivity index (χ0) is 15.8. The molecule has 0 aliphatic rings. The van der Waals surface area contributed by atoms with Crippen LogP contribution in [-0.2, 0) is 4.79 Å². The van der Waals surface area contributed by atoms with Crippen molar-refractivity contribution >= 4 is 17.8 Å². The molecule has 1 atom stereocenters. The number of aromatic nitrogens is 1. The lowest BCUT2D eigenvalue weighted by atomic mass is 10.1. The molecular formula is C14H17N3O4. The van der Waals surface area contributed by atoms with Crippen LogP contribution in [0.5, 0.6) is 0 Å². The quantitative estimate of drug-likeness (QED) is 0.637. The molecule has 0 saturated heterocycles. The summed E-state index contributed by atoms with van der Waals surface area (Å²) in [5.74, 6) is -2.03. The summed E-state index contributed by atoms with van der Waals surface area (Å²) >= 11 is 0. The molecule has 0 fully saturated rings. The minimum atomic E-state index is -1.11. The fourth-order valence-electron chi connectivity index (χ4n) is 1.57. The molecule has 0 radical (unpaired) electrons. The van der Waals surface area contributed by atoms with Gasteiger partial charge in [-0.1, -0.05) is 6.08 Å². The SMILES string of the molecule is C=CCCC(NC(=O)c1ccc(C(=O)NC)nc1)C(=O)O. The third-order valence-corrected chi connectivity index (χ3v) is 2.75. The summed E-state index contributed by atoms with van der Waals surface area (Å²) in [6.45, 7) is 3.51. The monoisotopic (exact) mass is 291 g/mol. The summed E-state index contributed by atoms with van der Waals surface area (Å²) in [4.78, 5) is 38.1. The number of carbonyl (C=O) groups is 3. The summed E-state index contributed by atoms with van der Waals surface area (Å²) < 4.78 is 0. The van der Waals surface area contributed by atoms with Crippen LogP contribution < -0.4 is 10.6 Å². The molecule has 0 aliphatic heterocycles. The van der Waals surface area contributed by atoms with Crippen LogP contribution in [-0.4, -0.2) is 41.0 Å². The lowest BCUT2D eigenvalue weighted by Crippen LogP contribution is -2.40. The largest absolute Gasteiger partial charge is 0.480 e. The molecule has 1 aromatic rings. The van der Waals surface area contributed by atoms with E-state index in [4.69, 9.17) is 5.11 Å². The van der Waals surface area contributed by atoms with Crippen molar-refractivity contribution in [2.45, 2.75) is 18.9 Å². The van der Waals surface area contributed by atoms with Crippen molar-refractivity contribution in [2.75, 3.05) is 7.05 Å². The van der Waals surface area contributed by atoms with Gasteiger partial charge in [-0.15, -0.1) is 6.58 Å². The van der Waals surface area contributed by atoms with Crippen molar-refractivity contribution in [3.8, 4) is 0 Å². The van der Waals surface area contributed by atoms with E-state index >= 15 is 0 Å². The Morgan fingerprint density at radius 3 is 2.57 bits per heavy atom. The Balaban J connectivity index is 2.75. The number of carboxylic acids is 1. The number of hydrogen-bond acceptors (Lipinski definition) is 4. The smallest absolute Gasteiger partial charge is 0.326 e. The van der Waals surface area contributed by atoms with E-state index in [1.807, 2.05) is 0 Å². The van der Waals surface area contributed by atoms with Crippen LogP contribution in [0, 0.1) is 0 Å². The number of aliphatic carboxylic acids is 1. The van der Waals surface area contributed by atoms with Crippen LogP contribution in [0.4, 0.5) is 0 Å². The number of nitrogens with one attached hydrogen (secondary N) is 2. The molecule has 0 aliphatic carbocycles. The van der Waals surface area contributed by atoms with Crippen molar-refractivity contribution in [3.63, 3.8) is 0 Å². The average molecular weight is 291 g/mol. The fraction of sp³-hybridized carbons (Fsp3) is 0.286. The zero-order valence-electron chi connectivity index (χ0n) is 11.6. The second-order valence-corrected chi connectivity index (χ2v) is 4.24. The Hall–Kier alpha value is -2.70. The van der Waals surface area contributed by atoms with Gasteiger partial charge in [-0.05, 0) is 25.0 Å². The predicted octanol–water partition coefficient (Wildman–Crippen LogP) is 0.590. The maximum absolute atomic E-state index is 11.9. The Labute approximate surface area is 122 Å². The number of hydrogen-bond donors (Lipinski definition) is 3. The van der Waals surface area contributed by atoms with Crippen LogP contribution in [0.25, 0.3) is 0 Å². The zero-order valence-corrected chi connectivity index (χ0v) is 11.6. The minimum Gasteiger partial charge on any atom is -0.480 e. The highest BCUT2D eigenvalue weighted by Gasteiger charge is 2.20. The molecule has 7 heteroatoms. The van der Waals surface area contributed by atoms with Crippen LogP contribution in [0.2, 0.25) is 0 Å². The van der Waals surface area contributed by atoms with Crippen LogP contribution >= 0.6 is 0 Å². The third kappa shape index (κ3) is 4.72. The van der Waals surface area contributed by atoms with E-state index in [1.54, 1.807) is 6.08 Å². The number of nitrogens with zero attached hydrogens (tertiary/aromatic N) is 1. The van der Waals surface area contributed by atoms with Gasteiger partial charge in [0.2, 0.25) is 0 Å². The molecule has 0 saturated carbocycles. The van der Waals surface area contributed by atoms with E-state index in [2.05, 4.69) is 22.2 Å². The van der Waals surface area contributed by atoms with E-state index < -0.39 is 17.9 Å². The lowest BCUT2D eigenvalue weighted by molar-refractivity contribution is -0.139. The van der Waals surface area contributed by atoms with Gasteiger partial charge in [-0.3, -0.25) is 14.6 Å². The first-order valence-corrected chi connectivity index (χ1v) is 6.32. The third-order valence-electron chi connectivity index (χ3n) is 2.75. The molecule has 1 heterocycles. The number of allylic oxidation sites excluding steroid dienone is 1.